The Balaban J connectivity index is 0.00000162. The summed E-state index contributed by atoms with van der Waals surface area (Å²) in [5.74, 6) is 0. The van der Waals surface area contributed by atoms with Crippen molar-refractivity contribution in [3.63, 3.8) is 0 Å². The summed E-state index contributed by atoms with van der Waals surface area (Å²) < 4.78 is 2.11. The molecule has 1 atom stereocenters. The Morgan fingerprint density at radius 1 is 1.39 bits per heavy atom. The quantitative estimate of drug-likeness (QED) is 0.910. The number of piperazine rings is 1. The van der Waals surface area contributed by atoms with Crippen LogP contribution < -0.4 is 5.32 Å². The van der Waals surface area contributed by atoms with Gasteiger partial charge in [-0.2, -0.15) is 5.10 Å². The van der Waals surface area contributed by atoms with Gasteiger partial charge in [0.25, 0.3) is 0 Å². The number of halogens is 1. The number of nitrogens with zero attached hydrogens (tertiary/aromatic N) is 3. The van der Waals surface area contributed by atoms with Crippen molar-refractivity contribution in [3.8, 4) is 0 Å². The van der Waals surface area contributed by atoms with Crippen molar-refractivity contribution in [2.45, 2.75) is 46.8 Å². The van der Waals surface area contributed by atoms with Crippen LogP contribution in [0.4, 0.5) is 0 Å². The highest BCUT2D eigenvalue weighted by molar-refractivity contribution is 5.85. The molecule has 0 bridgehead atoms. The summed E-state index contributed by atoms with van der Waals surface area (Å²) >= 11 is 0. The van der Waals surface area contributed by atoms with Crippen molar-refractivity contribution >= 4 is 12.4 Å². The second-order valence-corrected chi connectivity index (χ2v) is 5.06. The Labute approximate surface area is 116 Å². The van der Waals surface area contributed by atoms with Gasteiger partial charge in [-0.05, 0) is 27.7 Å². The first-order valence-electron chi connectivity index (χ1n) is 6.60. The molecule has 1 aromatic heterocycles. The van der Waals surface area contributed by atoms with E-state index in [0.717, 1.165) is 32.7 Å². The van der Waals surface area contributed by atoms with Crippen LogP contribution in [0.1, 0.15) is 30.8 Å². The van der Waals surface area contributed by atoms with Crippen molar-refractivity contribution in [1.82, 2.24) is 20.0 Å². The molecule has 4 nitrogen and oxygen atoms in total. The molecule has 0 saturated carbocycles. The van der Waals surface area contributed by atoms with Crippen molar-refractivity contribution in [1.29, 1.82) is 0 Å². The maximum absolute atomic E-state index is 4.59. The van der Waals surface area contributed by atoms with Gasteiger partial charge < -0.3 is 5.32 Å². The molecule has 0 amide bonds. The first-order valence-corrected chi connectivity index (χ1v) is 6.60. The zero-order chi connectivity index (χ0) is 12.4. The van der Waals surface area contributed by atoms with Gasteiger partial charge in [0.15, 0.2) is 0 Å². The van der Waals surface area contributed by atoms with Gasteiger partial charge in [0, 0.05) is 50.0 Å². The summed E-state index contributed by atoms with van der Waals surface area (Å²) in [7, 11) is 0. The first-order chi connectivity index (χ1) is 8.11. The summed E-state index contributed by atoms with van der Waals surface area (Å²) in [5.41, 5.74) is 3.94. The smallest absolute Gasteiger partial charge is 0.0641 e. The summed E-state index contributed by atoms with van der Waals surface area (Å²) in [5, 5.41) is 8.07. The average Bonchev–Trinajstić information content (AvgIpc) is 2.56. The van der Waals surface area contributed by atoms with Crippen LogP contribution in [-0.2, 0) is 13.1 Å². The van der Waals surface area contributed by atoms with Gasteiger partial charge in [0.1, 0.15) is 0 Å². The predicted octanol–water partition coefficient (Wildman–Crippen LogP) is 1.74. The van der Waals surface area contributed by atoms with E-state index in [1.807, 2.05) is 0 Å². The van der Waals surface area contributed by atoms with Gasteiger partial charge in [-0.3, -0.25) is 9.58 Å². The zero-order valence-corrected chi connectivity index (χ0v) is 12.7. The number of aromatic nitrogens is 2. The van der Waals surface area contributed by atoms with Gasteiger partial charge >= 0.3 is 0 Å². The molecule has 0 radical (unpaired) electrons. The van der Waals surface area contributed by atoms with Crippen LogP contribution in [0.2, 0.25) is 0 Å². The van der Waals surface area contributed by atoms with Crippen LogP contribution in [0.5, 0.6) is 0 Å². The Morgan fingerprint density at radius 2 is 2.11 bits per heavy atom. The monoisotopic (exact) mass is 272 g/mol. The molecule has 1 aliphatic heterocycles. The molecule has 1 fully saturated rings. The Hall–Kier alpha value is -0.580. The van der Waals surface area contributed by atoms with E-state index in [2.05, 4.69) is 47.7 Å². The lowest BCUT2D eigenvalue weighted by molar-refractivity contribution is 0.199. The Kier molecular flexibility index (Phi) is 5.63. The van der Waals surface area contributed by atoms with Gasteiger partial charge in [-0.1, -0.05) is 0 Å². The molecule has 0 spiro atoms. The van der Waals surface area contributed by atoms with Crippen molar-refractivity contribution in [2.24, 2.45) is 0 Å². The van der Waals surface area contributed by atoms with E-state index in [4.69, 9.17) is 0 Å². The Morgan fingerprint density at radius 3 is 2.67 bits per heavy atom. The largest absolute Gasteiger partial charge is 0.312 e. The van der Waals surface area contributed by atoms with Crippen LogP contribution in [0.3, 0.4) is 0 Å². The summed E-state index contributed by atoms with van der Waals surface area (Å²) in [6.07, 6.45) is 0. The van der Waals surface area contributed by atoms with Gasteiger partial charge in [-0.25, -0.2) is 0 Å². The van der Waals surface area contributed by atoms with E-state index in [-0.39, 0.29) is 12.4 Å². The third-order valence-electron chi connectivity index (χ3n) is 3.67. The highest BCUT2D eigenvalue weighted by Crippen LogP contribution is 2.16. The Bertz CT molecular complexity index is 389. The molecule has 1 aliphatic rings. The molecule has 0 unspecified atom stereocenters. The lowest BCUT2D eigenvalue weighted by Gasteiger charge is -2.31. The van der Waals surface area contributed by atoms with E-state index in [1.54, 1.807) is 0 Å². The van der Waals surface area contributed by atoms with Gasteiger partial charge in [0.2, 0.25) is 0 Å². The van der Waals surface area contributed by atoms with Crippen molar-refractivity contribution in [3.05, 3.63) is 17.0 Å². The fraction of sp³-hybridized carbons (Fsp3) is 0.769. The average molecular weight is 273 g/mol. The van der Waals surface area contributed by atoms with E-state index >= 15 is 0 Å². The molecule has 2 rings (SSSR count). The molecular weight excluding hydrogens is 248 g/mol. The molecule has 1 saturated heterocycles. The molecule has 0 aliphatic carbocycles. The van der Waals surface area contributed by atoms with E-state index in [9.17, 15) is 0 Å². The third kappa shape index (κ3) is 3.25. The van der Waals surface area contributed by atoms with Crippen molar-refractivity contribution in [2.75, 3.05) is 19.6 Å². The van der Waals surface area contributed by atoms with Crippen molar-refractivity contribution < 1.29 is 0 Å². The molecule has 18 heavy (non-hydrogen) atoms. The minimum Gasteiger partial charge on any atom is -0.312 e. The standard InChI is InChI=1S/C13H24N4.ClH/c1-5-17-12(4)13(11(3)15-17)9-16-7-6-14-10(2)8-16;/h10,14H,5-9H2,1-4H3;1H/t10-;/m1./s1. The molecule has 2 heterocycles. The zero-order valence-electron chi connectivity index (χ0n) is 11.9. The SMILES string of the molecule is CCn1nc(C)c(CN2CCN[C@H](C)C2)c1C.Cl. The number of hydrogen-bond donors (Lipinski definition) is 1. The predicted molar refractivity (Wildman–Crippen MR) is 77.4 cm³/mol. The minimum absolute atomic E-state index is 0. The summed E-state index contributed by atoms with van der Waals surface area (Å²) in [6.45, 7) is 14.1. The lowest BCUT2D eigenvalue weighted by atomic mass is 10.1. The van der Waals surface area contributed by atoms with Crippen LogP contribution in [0.25, 0.3) is 0 Å². The maximum atomic E-state index is 4.59. The minimum atomic E-state index is 0. The molecule has 1 N–H and O–H groups in total. The third-order valence-corrected chi connectivity index (χ3v) is 3.67. The first kappa shape index (κ1) is 15.5. The van der Waals surface area contributed by atoms with E-state index in [0.29, 0.717) is 6.04 Å². The summed E-state index contributed by atoms with van der Waals surface area (Å²) in [4.78, 5) is 2.53. The highest BCUT2D eigenvalue weighted by atomic mass is 35.5. The molecule has 1 aromatic rings. The second-order valence-electron chi connectivity index (χ2n) is 5.06. The molecular formula is C13H25ClN4. The van der Waals surface area contributed by atoms with Gasteiger partial charge in [-0.15, -0.1) is 12.4 Å². The van der Waals surface area contributed by atoms with Crippen LogP contribution in [0, 0.1) is 13.8 Å². The van der Waals surface area contributed by atoms with Crippen LogP contribution >= 0.6 is 12.4 Å². The number of hydrogen-bond acceptors (Lipinski definition) is 3. The molecule has 0 aromatic carbocycles. The fourth-order valence-electron chi connectivity index (χ4n) is 2.65. The molecule has 104 valence electrons. The number of nitrogens with one attached hydrogen (secondary N) is 1. The highest BCUT2D eigenvalue weighted by Gasteiger charge is 2.19. The van der Waals surface area contributed by atoms with Crippen LogP contribution in [0.15, 0.2) is 0 Å². The maximum Gasteiger partial charge on any atom is 0.0641 e. The molecule has 5 heteroatoms. The fourth-order valence-corrected chi connectivity index (χ4v) is 2.65. The topological polar surface area (TPSA) is 33.1 Å². The second kappa shape index (κ2) is 6.55. The summed E-state index contributed by atoms with van der Waals surface area (Å²) in [6, 6.07) is 0.602. The number of rotatable bonds is 3. The number of aryl methyl sites for hydroxylation is 2. The normalized spacial score (nSPS) is 20.8. The van der Waals surface area contributed by atoms with E-state index < -0.39 is 0 Å². The lowest BCUT2D eigenvalue weighted by Crippen LogP contribution is -2.48. The van der Waals surface area contributed by atoms with E-state index in [1.165, 1.54) is 17.0 Å². The van der Waals surface area contributed by atoms with Crippen LogP contribution in [-0.4, -0.2) is 40.4 Å². The van der Waals surface area contributed by atoms with Gasteiger partial charge in [0.05, 0.1) is 5.69 Å².